The molecule has 0 aliphatic heterocycles. The molecule has 2 aromatic rings. The Morgan fingerprint density at radius 3 is 3.07 bits per heavy atom. The summed E-state index contributed by atoms with van der Waals surface area (Å²) in [6, 6.07) is 4.06. The molecule has 2 aromatic heterocycles. The lowest BCUT2D eigenvalue weighted by Gasteiger charge is -2.08. The molecule has 1 atom stereocenters. The highest BCUT2D eigenvalue weighted by Gasteiger charge is 2.11. The fourth-order valence-corrected chi connectivity index (χ4v) is 2.73. The SMILES string of the molecule is Cc1cccnc1CC(Br)c1cncs1. The van der Waals surface area contributed by atoms with E-state index in [0.29, 0.717) is 4.83 Å². The van der Waals surface area contributed by atoms with Crippen LogP contribution >= 0.6 is 27.3 Å². The second-order valence-corrected chi connectivity index (χ2v) is 5.37. The summed E-state index contributed by atoms with van der Waals surface area (Å²) in [6.45, 7) is 2.09. The molecular weight excluding hydrogens is 272 g/mol. The lowest BCUT2D eigenvalue weighted by atomic mass is 10.1. The molecule has 0 amide bonds. The van der Waals surface area contributed by atoms with Crippen LogP contribution in [-0.2, 0) is 6.42 Å². The van der Waals surface area contributed by atoms with Gasteiger partial charge in [0.1, 0.15) is 0 Å². The molecule has 0 saturated heterocycles. The summed E-state index contributed by atoms with van der Waals surface area (Å²) in [5, 5.41) is 0. The standard InChI is InChI=1S/C11H11BrN2S/c1-8-3-2-4-14-10(8)5-9(12)11-6-13-7-15-11/h2-4,6-7,9H,5H2,1H3. The molecule has 4 heteroatoms. The molecule has 1 unspecified atom stereocenters. The molecule has 0 aromatic carbocycles. The van der Waals surface area contributed by atoms with Crippen molar-refractivity contribution in [3.8, 4) is 0 Å². The third-order valence-electron chi connectivity index (χ3n) is 2.25. The number of hydrogen-bond donors (Lipinski definition) is 0. The van der Waals surface area contributed by atoms with Crippen molar-refractivity contribution >= 4 is 27.3 Å². The molecule has 2 rings (SSSR count). The molecule has 0 aliphatic rings. The van der Waals surface area contributed by atoms with E-state index in [1.165, 1.54) is 10.4 Å². The van der Waals surface area contributed by atoms with E-state index in [9.17, 15) is 0 Å². The number of pyridine rings is 1. The Balaban J connectivity index is 2.13. The lowest BCUT2D eigenvalue weighted by molar-refractivity contribution is 0.903. The predicted octanol–water partition coefficient (Wildman–Crippen LogP) is 3.53. The van der Waals surface area contributed by atoms with Crippen molar-refractivity contribution in [2.45, 2.75) is 18.2 Å². The van der Waals surface area contributed by atoms with Crippen LogP contribution in [0, 0.1) is 6.92 Å². The minimum absolute atomic E-state index is 0.318. The molecular formula is C11H11BrN2S. The first-order valence-corrected chi connectivity index (χ1v) is 6.50. The van der Waals surface area contributed by atoms with Crippen LogP contribution < -0.4 is 0 Å². The van der Waals surface area contributed by atoms with Crippen LogP contribution in [0.1, 0.15) is 21.0 Å². The van der Waals surface area contributed by atoms with E-state index in [1.54, 1.807) is 11.3 Å². The van der Waals surface area contributed by atoms with Crippen molar-refractivity contribution in [1.29, 1.82) is 0 Å². The third kappa shape index (κ3) is 2.63. The molecule has 0 bridgehead atoms. The van der Waals surface area contributed by atoms with Gasteiger partial charge in [0.25, 0.3) is 0 Å². The van der Waals surface area contributed by atoms with Crippen molar-refractivity contribution in [2.75, 3.05) is 0 Å². The van der Waals surface area contributed by atoms with Gasteiger partial charge in [-0.15, -0.1) is 11.3 Å². The van der Waals surface area contributed by atoms with Crippen molar-refractivity contribution in [3.63, 3.8) is 0 Å². The molecule has 15 heavy (non-hydrogen) atoms. The maximum absolute atomic E-state index is 4.38. The van der Waals surface area contributed by atoms with Gasteiger partial charge in [-0.25, -0.2) is 0 Å². The van der Waals surface area contributed by atoms with Crippen LogP contribution in [0.2, 0.25) is 0 Å². The Kier molecular flexibility index (Phi) is 3.49. The summed E-state index contributed by atoms with van der Waals surface area (Å²) >= 11 is 5.34. The number of aryl methyl sites for hydroxylation is 1. The Morgan fingerprint density at radius 2 is 2.40 bits per heavy atom. The number of thiazole rings is 1. The highest BCUT2D eigenvalue weighted by molar-refractivity contribution is 9.09. The molecule has 0 radical (unpaired) electrons. The van der Waals surface area contributed by atoms with E-state index in [0.717, 1.165) is 12.1 Å². The molecule has 0 N–H and O–H groups in total. The van der Waals surface area contributed by atoms with E-state index < -0.39 is 0 Å². The molecule has 2 nitrogen and oxygen atoms in total. The van der Waals surface area contributed by atoms with E-state index in [1.807, 2.05) is 24.0 Å². The van der Waals surface area contributed by atoms with Gasteiger partial charge < -0.3 is 0 Å². The van der Waals surface area contributed by atoms with Crippen molar-refractivity contribution in [1.82, 2.24) is 9.97 Å². The van der Waals surface area contributed by atoms with Gasteiger partial charge in [0.05, 0.1) is 10.3 Å². The number of halogens is 1. The molecule has 0 spiro atoms. The minimum atomic E-state index is 0.318. The highest BCUT2D eigenvalue weighted by Crippen LogP contribution is 2.29. The van der Waals surface area contributed by atoms with Crippen LogP contribution in [-0.4, -0.2) is 9.97 Å². The third-order valence-corrected chi connectivity index (χ3v) is 4.26. The van der Waals surface area contributed by atoms with Crippen LogP contribution in [0.5, 0.6) is 0 Å². The monoisotopic (exact) mass is 282 g/mol. The largest absolute Gasteiger partial charge is 0.261 e. The van der Waals surface area contributed by atoms with Crippen LogP contribution in [0.4, 0.5) is 0 Å². The van der Waals surface area contributed by atoms with Gasteiger partial charge in [-0.05, 0) is 18.6 Å². The minimum Gasteiger partial charge on any atom is -0.261 e. The normalized spacial score (nSPS) is 12.7. The van der Waals surface area contributed by atoms with Gasteiger partial charge in [0.15, 0.2) is 0 Å². The fraction of sp³-hybridized carbons (Fsp3) is 0.273. The average Bonchev–Trinajstić information content (AvgIpc) is 2.74. The number of alkyl halides is 1. The zero-order valence-corrected chi connectivity index (χ0v) is 10.8. The highest BCUT2D eigenvalue weighted by atomic mass is 79.9. The topological polar surface area (TPSA) is 25.8 Å². The zero-order valence-electron chi connectivity index (χ0n) is 8.35. The van der Waals surface area contributed by atoms with Crippen molar-refractivity contribution in [3.05, 3.63) is 46.2 Å². The molecule has 2 heterocycles. The summed E-state index contributed by atoms with van der Waals surface area (Å²) in [4.78, 5) is 10.0. The van der Waals surface area contributed by atoms with Gasteiger partial charge in [-0.2, -0.15) is 0 Å². The van der Waals surface area contributed by atoms with E-state index >= 15 is 0 Å². The van der Waals surface area contributed by atoms with Gasteiger partial charge in [0, 0.05) is 29.4 Å². The fourth-order valence-electron chi connectivity index (χ4n) is 1.38. The average molecular weight is 283 g/mol. The zero-order chi connectivity index (χ0) is 10.7. The van der Waals surface area contributed by atoms with Crippen LogP contribution in [0.3, 0.4) is 0 Å². The Hall–Kier alpha value is -0.740. The van der Waals surface area contributed by atoms with E-state index in [4.69, 9.17) is 0 Å². The number of aromatic nitrogens is 2. The number of nitrogens with zero attached hydrogens (tertiary/aromatic N) is 2. The maximum atomic E-state index is 4.38. The number of hydrogen-bond acceptors (Lipinski definition) is 3. The second-order valence-electron chi connectivity index (χ2n) is 3.34. The summed E-state index contributed by atoms with van der Waals surface area (Å²) < 4.78 is 0. The number of rotatable bonds is 3. The first-order chi connectivity index (χ1) is 7.27. The Labute approximate surface area is 102 Å². The van der Waals surface area contributed by atoms with Gasteiger partial charge >= 0.3 is 0 Å². The summed E-state index contributed by atoms with van der Waals surface area (Å²) in [6.07, 6.45) is 4.66. The summed E-state index contributed by atoms with van der Waals surface area (Å²) in [5.74, 6) is 0. The van der Waals surface area contributed by atoms with E-state index in [2.05, 4.69) is 38.9 Å². The molecule has 0 fully saturated rings. The van der Waals surface area contributed by atoms with Gasteiger partial charge in [0.2, 0.25) is 0 Å². The quantitative estimate of drug-likeness (QED) is 0.805. The molecule has 78 valence electrons. The van der Waals surface area contributed by atoms with Gasteiger partial charge in [-0.1, -0.05) is 22.0 Å². The summed E-state index contributed by atoms with van der Waals surface area (Å²) in [7, 11) is 0. The maximum Gasteiger partial charge on any atom is 0.0794 e. The van der Waals surface area contributed by atoms with Crippen LogP contribution in [0.25, 0.3) is 0 Å². The summed E-state index contributed by atoms with van der Waals surface area (Å²) in [5.41, 5.74) is 4.24. The smallest absolute Gasteiger partial charge is 0.0794 e. The van der Waals surface area contributed by atoms with Crippen LogP contribution in [0.15, 0.2) is 30.0 Å². The van der Waals surface area contributed by atoms with E-state index in [-0.39, 0.29) is 0 Å². The second kappa shape index (κ2) is 4.86. The first kappa shape index (κ1) is 10.8. The lowest BCUT2D eigenvalue weighted by Crippen LogP contribution is -1.98. The Morgan fingerprint density at radius 1 is 1.53 bits per heavy atom. The van der Waals surface area contributed by atoms with Crippen molar-refractivity contribution in [2.24, 2.45) is 0 Å². The molecule has 0 aliphatic carbocycles. The van der Waals surface area contributed by atoms with Crippen molar-refractivity contribution < 1.29 is 0 Å². The predicted molar refractivity (Wildman–Crippen MR) is 66.5 cm³/mol. The Bertz CT molecular complexity index is 428. The molecule has 0 saturated carbocycles. The van der Waals surface area contributed by atoms with Gasteiger partial charge in [-0.3, -0.25) is 9.97 Å². The first-order valence-electron chi connectivity index (χ1n) is 4.70.